The van der Waals surface area contributed by atoms with Gasteiger partial charge in [0.2, 0.25) is 5.91 Å². The number of amides is 1. The van der Waals surface area contributed by atoms with Crippen LogP contribution in [0.1, 0.15) is 101 Å². The van der Waals surface area contributed by atoms with Crippen LogP contribution in [-0.2, 0) is 9.59 Å². The molecule has 4 aliphatic rings. The highest BCUT2D eigenvalue weighted by atomic mass is 16.2. The SMILES string of the molecule is C=C(/C=C(\C=C(/C)C(C)(C)C)C(C)(C)C)NC(=O)[C@H]1CCC2C3CNC4=CC(=O)CC[C@]4(C)C3CC[C@@]21C. The lowest BCUT2D eigenvalue weighted by atomic mass is 9.50. The van der Waals surface area contributed by atoms with E-state index in [1.807, 2.05) is 6.08 Å². The third-order valence-corrected chi connectivity index (χ3v) is 10.9. The molecular formula is C34H52N2O2. The highest BCUT2D eigenvalue weighted by molar-refractivity contribution is 5.91. The summed E-state index contributed by atoms with van der Waals surface area (Å²) in [6.07, 6.45) is 12.1. The summed E-state index contributed by atoms with van der Waals surface area (Å²) in [4.78, 5) is 25.8. The van der Waals surface area contributed by atoms with Gasteiger partial charge in [-0.3, -0.25) is 9.59 Å². The van der Waals surface area contributed by atoms with Crippen molar-refractivity contribution in [2.24, 2.45) is 45.3 Å². The van der Waals surface area contributed by atoms with Crippen LogP contribution in [0, 0.1) is 45.3 Å². The maximum atomic E-state index is 13.7. The third-order valence-electron chi connectivity index (χ3n) is 10.9. The first kappa shape index (κ1) is 28.9. The molecule has 3 unspecified atom stereocenters. The first-order valence-electron chi connectivity index (χ1n) is 14.9. The number of allylic oxidation sites excluding steroid dienone is 6. The lowest BCUT2D eigenvalue weighted by Gasteiger charge is -2.58. The summed E-state index contributed by atoms with van der Waals surface area (Å²) in [7, 11) is 0. The van der Waals surface area contributed by atoms with Crippen molar-refractivity contribution in [3.63, 3.8) is 0 Å². The molecule has 6 atom stereocenters. The highest BCUT2D eigenvalue weighted by Gasteiger charge is 2.60. The first-order chi connectivity index (χ1) is 17.5. The molecule has 4 nitrogen and oxygen atoms in total. The quantitative estimate of drug-likeness (QED) is 0.377. The van der Waals surface area contributed by atoms with Gasteiger partial charge in [-0.05, 0) is 84.7 Å². The summed E-state index contributed by atoms with van der Waals surface area (Å²) in [6.45, 7) is 25.4. The van der Waals surface area contributed by atoms with Gasteiger partial charge in [0.05, 0.1) is 0 Å². The molecular weight excluding hydrogens is 468 g/mol. The second kappa shape index (κ2) is 9.82. The number of hydrogen-bond donors (Lipinski definition) is 2. The van der Waals surface area contributed by atoms with E-state index >= 15 is 0 Å². The minimum Gasteiger partial charge on any atom is -0.387 e. The zero-order chi connectivity index (χ0) is 28.3. The second-order valence-electron chi connectivity index (χ2n) is 15.3. The third kappa shape index (κ3) is 5.21. The minimum absolute atomic E-state index is 0.00850. The van der Waals surface area contributed by atoms with Crippen LogP contribution in [0.2, 0.25) is 0 Å². The fraction of sp³-hybridized carbons (Fsp3) is 0.706. The van der Waals surface area contributed by atoms with E-state index in [1.54, 1.807) is 0 Å². The van der Waals surface area contributed by atoms with E-state index in [1.165, 1.54) is 16.8 Å². The van der Waals surface area contributed by atoms with E-state index < -0.39 is 0 Å². The topological polar surface area (TPSA) is 58.2 Å². The maximum absolute atomic E-state index is 13.7. The Hall–Kier alpha value is -2.10. The number of piperidine rings is 1. The van der Waals surface area contributed by atoms with Crippen molar-refractivity contribution in [1.29, 1.82) is 0 Å². The minimum atomic E-state index is -0.0515. The van der Waals surface area contributed by atoms with Crippen molar-refractivity contribution in [1.82, 2.24) is 10.6 Å². The van der Waals surface area contributed by atoms with Crippen LogP contribution in [0.5, 0.6) is 0 Å². The number of rotatable bonds is 4. The molecule has 3 aliphatic carbocycles. The molecule has 0 radical (unpaired) electrons. The van der Waals surface area contributed by atoms with Crippen LogP contribution in [0.4, 0.5) is 0 Å². The van der Waals surface area contributed by atoms with Gasteiger partial charge in [0, 0.05) is 41.8 Å². The molecule has 4 rings (SSSR count). The van der Waals surface area contributed by atoms with Crippen LogP contribution in [-0.4, -0.2) is 18.2 Å². The zero-order valence-corrected chi connectivity index (χ0v) is 25.5. The van der Waals surface area contributed by atoms with Gasteiger partial charge in [0.15, 0.2) is 5.78 Å². The van der Waals surface area contributed by atoms with Crippen LogP contribution in [0.3, 0.4) is 0 Å². The summed E-state index contributed by atoms with van der Waals surface area (Å²) in [5.74, 6) is 2.09. The van der Waals surface area contributed by atoms with Crippen LogP contribution < -0.4 is 10.6 Å². The molecule has 1 aliphatic heterocycles. The Labute approximate surface area is 231 Å². The van der Waals surface area contributed by atoms with Crippen LogP contribution in [0.25, 0.3) is 0 Å². The van der Waals surface area contributed by atoms with Crippen molar-refractivity contribution in [3.8, 4) is 0 Å². The number of fused-ring (bicyclic) bond motifs is 5. The lowest BCUT2D eigenvalue weighted by molar-refractivity contribution is -0.131. The molecule has 1 saturated heterocycles. The zero-order valence-electron chi connectivity index (χ0n) is 25.5. The van der Waals surface area contributed by atoms with E-state index in [0.717, 1.165) is 38.6 Å². The van der Waals surface area contributed by atoms with Gasteiger partial charge in [-0.1, -0.05) is 73.6 Å². The van der Waals surface area contributed by atoms with Crippen LogP contribution >= 0.6 is 0 Å². The van der Waals surface area contributed by atoms with Gasteiger partial charge in [0.25, 0.3) is 0 Å². The van der Waals surface area contributed by atoms with E-state index in [2.05, 4.69) is 91.7 Å². The molecule has 1 heterocycles. The lowest BCUT2D eigenvalue weighted by Crippen LogP contribution is -2.57. The molecule has 4 heteroatoms. The molecule has 0 aromatic heterocycles. The summed E-state index contributed by atoms with van der Waals surface area (Å²) in [5.41, 5.74) is 4.47. The number of hydrogen-bond acceptors (Lipinski definition) is 3. The monoisotopic (exact) mass is 520 g/mol. The average Bonchev–Trinajstić information content (AvgIpc) is 3.15. The molecule has 3 fully saturated rings. The fourth-order valence-corrected chi connectivity index (χ4v) is 7.97. The number of ketones is 1. The Bertz CT molecular complexity index is 1090. The summed E-state index contributed by atoms with van der Waals surface area (Å²) in [6, 6.07) is 0. The molecule has 2 N–H and O–H groups in total. The van der Waals surface area contributed by atoms with Gasteiger partial charge in [0.1, 0.15) is 0 Å². The average molecular weight is 521 g/mol. The Morgan fingerprint density at radius 2 is 1.71 bits per heavy atom. The molecule has 0 aromatic rings. The number of nitrogens with one attached hydrogen (secondary N) is 2. The van der Waals surface area contributed by atoms with Crippen LogP contribution in [0.15, 0.2) is 47.3 Å². The predicted molar refractivity (Wildman–Crippen MR) is 157 cm³/mol. The number of carbonyl (C=O) groups is 2. The van der Waals surface area contributed by atoms with Crippen molar-refractivity contribution >= 4 is 11.7 Å². The molecule has 210 valence electrons. The first-order valence-corrected chi connectivity index (χ1v) is 14.9. The predicted octanol–water partition coefficient (Wildman–Crippen LogP) is 7.50. The van der Waals surface area contributed by atoms with Crippen molar-refractivity contribution in [3.05, 3.63) is 47.3 Å². The molecule has 0 spiro atoms. The summed E-state index contributed by atoms with van der Waals surface area (Å²) >= 11 is 0. The fourth-order valence-electron chi connectivity index (χ4n) is 7.97. The van der Waals surface area contributed by atoms with E-state index in [-0.39, 0.29) is 39.3 Å². The Balaban J connectivity index is 1.50. The van der Waals surface area contributed by atoms with Crippen molar-refractivity contribution in [2.75, 3.05) is 6.54 Å². The molecule has 1 amide bonds. The summed E-state index contributed by atoms with van der Waals surface area (Å²) < 4.78 is 0. The molecule has 38 heavy (non-hydrogen) atoms. The van der Waals surface area contributed by atoms with Gasteiger partial charge in [-0.2, -0.15) is 0 Å². The smallest absolute Gasteiger partial charge is 0.228 e. The van der Waals surface area contributed by atoms with Gasteiger partial charge >= 0.3 is 0 Å². The largest absolute Gasteiger partial charge is 0.387 e. The van der Waals surface area contributed by atoms with Crippen molar-refractivity contribution in [2.45, 2.75) is 101 Å². The Morgan fingerprint density at radius 1 is 1.03 bits per heavy atom. The normalized spacial score (nSPS) is 35.9. The van der Waals surface area contributed by atoms with Crippen molar-refractivity contribution < 1.29 is 9.59 Å². The second-order valence-corrected chi connectivity index (χ2v) is 15.3. The number of carbonyl (C=O) groups excluding carboxylic acids is 2. The van der Waals surface area contributed by atoms with E-state index in [4.69, 9.17) is 0 Å². The highest BCUT2D eigenvalue weighted by Crippen LogP contribution is 2.64. The Morgan fingerprint density at radius 3 is 2.34 bits per heavy atom. The molecule has 0 aromatic carbocycles. The maximum Gasteiger partial charge on any atom is 0.228 e. The van der Waals surface area contributed by atoms with Gasteiger partial charge < -0.3 is 10.6 Å². The standard InChI is InChI=1S/C34H52N2O2/c1-21(31(3,4)5)17-23(32(6,7)8)18-22(2)36-30(38)28-12-11-26-25-20-35-29-19-24(37)13-15-34(29,10)27(25)14-16-33(26,28)9/h17-19,25-28,35H,2,11-16,20H2,1,3-10H3,(H,36,38)/b21-17+,23-18+/t25?,26?,27?,28-,33+,34-/m1/s1. The molecule has 2 saturated carbocycles. The molecule has 0 bridgehead atoms. The van der Waals surface area contributed by atoms with Gasteiger partial charge in [-0.25, -0.2) is 0 Å². The van der Waals surface area contributed by atoms with E-state index in [9.17, 15) is 9.59 Å². The summed E-state index contributed by atoms with van der Waals surface area (Å²) in [5, 5.41) is 6.89. The van der Waals surface area contributed by atoms with E-state index in [0.29, 0.717) is 29.9 Å². The Kier molecular flexibility index (Phi) is 7.47. The van der Waals surface area contributed by atoms with Gasteiger partial charge in [-0.15, -0.1) is 0 Å².